The fraction of sp³-hybridized carbons (Fsp3) is 0.500. The fourth-order valence-corrected chi connectivity index (χ4v) is 5.96. The van der Waals surface area contributed by atoms with Crippen molar-refractivity contribution in [2.24, 2.45) is 5.41 Å². The summed E-state index contributed by atoms with van der Waals surface area (Å²) in [6.45, 7) is 9.46. The second-order valence-corrected chi connectivity index (χ2v) is 11.2. The molecule has 1 spiro atoms. The van der Waals surface area contributed by atoms with E-state index in [-0.39, 0.29) is 10.8 Å². The number of pyridine rings is 1. The van der Waals surface area contributed by atoms with Crippen LogP contribution in [0.1, 0.15) is 39.2 Å². The molecule has 28 heavy (non-hydrogen) atoms. The van der Waals surface area contributed by atoms with Crippen LogP contribution in [-0.2, 0) is 15.4 Å². The van der Waals surface area contributed by atoms with Crippen molar-refractivity contribution in [3.8, 4) is 0 Å². The molecule has 1 atom stereocenters. The van der Waals surface area contributed by atoms with E-state index in [1.165, 1.54) is 0 Å². The van der Waals surface area contributed by atoms with Crippen LogP contribution >= 0.6 is 0 Å². The molecule has 2 aromatic rings. The van der Waals surface area contributed by atoms with Crippen LogP contribution < -0.4 is 4.90 Å². The third kappa shape index (κ3) is 3.55. The van der Waals surface area contributed by atoms with Crippen LogP contribution in [0.15, 0.2) is 53.7 Å². The van der Waals surface area contributed by atoms with Crippen LogP contribution in [0, 0.1) is 5.41 Å². The van der Waals surface area contributed by atoms with E-state index in [4.69, 9.17) is 0 Å². The molecule has 1 unspecified atom stereocenters. The number of aromatic nitrogens is 1. The molecular formula is C22H29N3O2S. The van der Waals surface area contributed by atoms with E-state index in [9.17, 15) is 8.42 Å². The predicted molar refractivity (Wildman–Crippen MR) is 112 cm³/mol. The number of nitrogens with zero attached hydrogens (tertiary/aromatic N) is 3. The highest BCUT2D eigenvalue weighted by Gasteiger charge is 2.47. The molecule has 1 aromatic heterocycles. The Morgan fingerprint density at radius 2 is 1.71 bits per heavy atom. The fourth-order valence-electron chi connectivity index (χ4n) is 4.40. The first-order valence-electron chi connectivity index (χ1n) is 9.95. The molecule has 2 fully saturated rings. The number of hydrogen-bond acceptors (Lipinski definition) is 4. The minimum absolute atomic E-state index is 0.0135. The van der Waals surface area contributed by atoms with E-state index in [0.717, 1.165) is 37.2 Å². The Morgan fingerprint density at radius 3 is 2.36 bits per heavy atom. The van der Waals surface area contributed by atoms with Gasteiger partial charge in [0.05, 0.1) is 16.8 Å². The third-order valence-electron chi connectivity index (χ3n) is 6.21. The predicted octanol–water partition coefficient (Wildman–Crippen LogP) is 3.67. The lowest BCUT2D eigenvalue weighted by Crippen LogP contribution is -2.34. The number of sulfonamides is 1. The molecule has 1 aromatic carbocycles. The van der Waals surface area contributed by atoms with Gasteiger partial charge in [0.25, 0.3) is 0 Å². The van der Waals surface area contributed by atoms with E-state index in [1.54, 1.807) is 22.6 Å². The number of benzene rings is 1. The van der Waals surface area contributed by atoms with Crippen molar-refractivity contribution in [3.63, 3.8) is 0 Å². The van der Waals surface area contributed by atoms with Crippen LogP contribution in [0.3, 0.4) is 0 Å². The van der Waals surface area contributed by atoms with Gasteiger partial charge in [0, 0.05) is 37.8 Å². The van der Waals surface area contributed by atoms with Crippen molar-refractivity contribution < 1.29 is 8.42 Å². The lowest BCUT2D eigenvalue weighted by molar-refractivity contribution is 0.341. The Labute approximate surface area is 168 Å². The van der Waals surface area contributed by atoms with Gasteiger partial charge in [-0.15, -0.1) is 0 Å². The molecular weight excluding hydrogens is 370 g/mol. The van der Waals surface area contributed by atoms with Crippen molar-refractivity contribution in [2.45, 2.75) is 43.9 Å². The number of rotatable bonds is 3. The summed E-state index contributed by atoms with van der Waals surface area (Å²) in [7, 11) is -3.44. The Bertz CT molecular complexity index is 936. The molecule has 0 aliphatic carbocycles. The van der Waals surface area contributed by atoms with E-state index in [0.29, 0.717) is 18.0 Å². The van der Waals surface area contributed by atoms with Crippen LogP contribution in [0.5, 0.6) is 0 Å². The SMILES string of the molecule is CC(C)(C)c1ccc(S(=O)(=O)N2CCC3(CCN(c4cccnc4)C3)C2)cc1. The second kappa shape index (κ2) is 6.85. The first kappa shape index (κ1) is 19.4. The average Bonchev–Trinajstić information content (AvgIpc) is 3.30. The lowest BCUT2D eigenvalue weighted by atomic mass is 9.86. The molecule has 4 rings (SSSR count). The lowest BCUT2D eigenvalue weighted by Gasteiger charge is -2.25. The van der Waals surface area contributed by atoms with Crippen molar-refractivity contribution in [3.05, 3.63) is 54.4 Å². The van der Waals surface area contributed by atoms with Crippen molar-refractivity contribution >= 4 is 15.7 Å². The van der Waals surface area contributed by atoms with Gasteiger partial charge < -0.3 is 4.90 Å². The van der Waals surface area contributed by atoms with Gasteiger partial charge in [-0.05, 0) is 48.1 Å². The largest absolute Gasteiger partial charge is 0.370 e. The van der Waals surface area contributed by atoms with Crippen LogP contribution in [-0.4, -0.2) is 43.9 Å². The molecule has 2 aliphatic rings. The zero-order chi connectivity index (χ0) is 20.0. The molecule has 150 valence electrons. The Hall–Kier alpha value is -1.92. The van der Waals surface area contributed by atoms with Gasteiger partial charge in [-0.3, -0.25) is 4.98 Å². The molecule has 0 radical (unpaired) electrons. The minimum Gasteiger partial charge on any atom is -0.370 e. The van der Waals surface area contributed by atoms with Crippen molar-refractivity contribution in [1.82, 2.24) is 9.29 Å². The Kier molecular flexibility index (Phi) is 4.74. The highest BCUT2D eigenvalue weighted by atomic mass is 32.2. The monoisotopic (exact) mass is 399 g/mol. The highest BCUT2D eigenvalue weighted by molar-refractivity contribution is 7.89. The molecule has 6 heteroatoms. The van der Waals surface area contributed by atoms with Gasteiger partial charge in [-0.25, -0.2) is 8.42 Å². The molecule has 0 N–H and O–H groups in total. The summed E-state index contributed by atoms with van der Waals surface area (Å²) in [5.41, 5.74) is 2.33. The molecule has 3 heterocycles. The summed E-state index contributed by atoms with van der Waals surface area (Å²) in [4.78, 5) is 6.95. The van der Waals surface area contributed by atoms with Crippen molar-refractivity contribution in [2.75, 3.05) is 31.1 Å². The first-order chi connectivity index (χ1) is 13.2. The zero-order valence-corrected chi connectivity index (χ0v) is 17.7. The zero-order valence-electron chi connectivity index (χ0n) is 16.9. The van der Waals surface area contributed by atoms with Gasteiger partial charge in [-0.2, -0.15) is 4.31 Å². The molecule has 0 saturated carbocycles. The molecule has 0 amide bonds. The van der Waals surface area contributed by atoms with E-state index in [1.807, 2.05) is 24.4 Å². The summed E-state index contributed by atoms with van der Waals surface area (Å²) < 4.78 is 28.1. The van der Waals surface area contributed by atoms with Gasteiger partial charge in [0.2, 0.25) is 10.0 Å². The Morgan fingerprint density at radius 1 is 1.00 bits per heavy atom. The van der Waals surface area contributed by atoms with Gasteiger partial charge in [0.1, 0.15) is 0 Å². The summed E-state index contributed by atoms with van der Waals surface area (Å²) in [6, 6.07) is 11.4. The standard InChI is InChI=1S/C22H29N3O2S/c1-21(2,3)18-6-8-20(9-7-18)28(26,27)25-14-11-22(17-25)10-13-24(16-22)19-5-4-12-23-15-19/h4-9,12,15H,10-11,13-14,16-17H2,1-3H3. The average molecular weight is 400 g/mol. The van der Waals surface area contributed by atoms with Crippen molar-refractivity contribution in [1.29, 1.82) is 0 Å². The highest BCUT2D eigenvalue weighted by Crippen LogP contribution is 2.42. The smallest absolute Gasteiger partial charge is 0.243 e. The van der Waals surface area contributed by atoms with Crippen LogP contribution in [0.25, 0.3) is 0 Å². The summed E-state index contributed by atoms with van der Waals surface area (Å²) >= 11 is 0. The molecule has 0 bridgehead atoms. The maximum absolute atomic E-state index is 13.2. The number of anilines is 1. The molecule has 5 nitrogen and oxygen atoms in total. The van der Waals surface area contributed by atoms with Crippen LogP contribution in [0.2, 0.25) is 0 Å². The van der Waals surface area contributed by atoms with Gasteiger partial charge in [-0.1, -0.05) is 32.9 Å². The minimum atomic E-state index is -3.44. The van der Waals surface area contributed by atoms with Gasteiger partial charge in [0.15, 0.2) is 0 Å². The van der Waals surface area contributed by atoms with E-state index < -0.39 is 10.0 Å². The van der Waals surface area contributed by atoms with E-state index >= 15 is 0 Å². The second-order valence-electron chi connectivity index (χ2n) is 9.25. The maximum Gasteiger partial charge on any atom is 0.243 e. The summed E-state index contributed by atoms with van der Waals surface area (Å²) in [5, 5.41) is 0. The topological polar surface area (TPSA) is 53.5 Å². The Balaban J connectivity index is 1.49. The molecule has 2 aliphatic heterocycles. The normalized spacial score (nSPS) is 23.6. The van der Waals surface area contributed by atoms with Gasteiger partial charge >= 0.3 is 0 Å². The first-order valence-corrected chi connectivity index (χ1v) is 11.4. The summed E-state index contributed by atoms with van der Waals surface area (Å²) in [6.07, 6.45) is 5.61. The maximum atomic E-state index is 13.2. The quantitative estimate of drug-likeness (QED) is 0.790. The van der Waals surface area contributed by atoms with Crippen LogP contribution in [0.4, 0.5) is 5.69 Å². The summed E-state index contributed by atoms with van der Waals surface area (Å²) in [5.74, 6) is 0. The van der Waals surface area contributed by atoms with E-state index in [2.05, 4.69) is 36.7 Å². The molecule has 2 saturated heterocycles. The number of hydrogen-bond donors (Lipinski definition) is 0. The third-order valence-corrected chi connectivity index (χ3v) is 8.07.